The van der Waals surface area contributed by atoms with E-state index < -0.39 is 0 Å². The average Bonchev–Trinajstić information content (AvgIpc) is 2.19. The van der Waals surface area contributed by atoms with Crippen LogP contribution in [0.25, 0.3) is 6.08 Å². The number of phenols is 2. The van der Waals surface area contributed by atoms with Gasteiger partial charge in [-0.15, -0.1) is 0 Å². The van der Waals surface area contributed by atoms with Crippen LogP contribution in [0, 0.1) is 0 Å². The van der Waals surface area contributed by atoms with Crippen molar-refractivity contribution >= 4 is 12.4 Å². The highest BCUT2D eigenvalue weighted by atomic mass is 16.3. The average molecular weight is 192 g/mol. The molecule has 0 aliphatic heterocycles. The van der Waals surface area contributed by atoms with E-state index in [1.807, 2.05) is 6.92 Å². The number of phenolic OH excluding ortho intramolecular Hbond substituents is 2. The van der Waals surface area contributed by atoms with E-state index in [1.165, 1.54) is 12.1 Å². The predicted molar refractivity (Wildman–Crippen MR) is 54.1 cm³/mol. The van der Waals surface area contributed by atoms with E-state index >= 15 is 0 Å². The molecule has 0 radical (unpaired) electrons. The third kappa shape index (κ3) is 2.36. The van der Waals surface area contributed by atoms with E-state index in [2.05, 4.69) is 0 Å². The number of aldehydes is 1. The molecule has 0 unspecified atom stereocenters. The highest BCUT2D eigenvalue weighted by Gasteiger charge is 1.99. The Balaban J connectivity index is 3.03. The molecule has 0 bridgehead atoms. The molecule has 1 aromatic carbocycles. The van der Waals surface area contributed by atoms with Gasteiger partial charge in [-0.05, 0) is 35.8 Å². The van der Waals surface area contributed by atoms with Crippen molar-refractivity contribution in [3.05, 3.63) is 29.3 Å². The van der Waals surface area contributed by atoms with E-state index in [1.54, 1.807) is 12.1 Å². The maximum atomic E-state index is 10.5. The zero-order valence-electron chi connectivity index (χ0n) is 7.90. The van der Waals surface area contributed by atoms with E-state index in [9.17, 15) is 9.90 Å². The summed E-state index contributed by atoms with van der Waals surface area (Å²) in [7, 11) is 0. The van der Waals surface area contributed by atoms with Crippen molar-refractivity contribution < 1.29 is 15.0 Å². The van der Waals surface area contributed by atoms with Gasteiger partial charge in [0.15, 0.2) is 11.5 Å². The fraction of sp³-hybridized carbons (Fsp3) is 0.182. The lowest BCUT2D eigenvalue weighted by molar-refractivity contribution is -0.104. The summed E-state index contributed by atoms with van der Waals surface area (Å²) >= 11 is 0. The highest BCUT2D eigenvalue weighted by molar-refractivity contribution is 5.81. The van der Waals surface area contributed by atoms with Gasteiger partial charge in [0.1, 0.15) is 6.29 Å². The molecule has 0 heterocycles. The molecule has 3 nitrogen and oxygen atoms in total. The van der Waals surface area contributed by atoms with E-state index in [-0.39, 0.29) is 11.5 Å². The predicted octanol–water partition coefficient (Wildman–Crippen LogP) is 2.09. The molecule has 1 rings (SSSR count). The van der Waals surface area contributed by atoms with Gasteiger partial charge >= 0.3 is 0 Å². The topological polar surface area (TPSA) is 57.5 Å². The quantitative estimate of drug-likeness (QED) is 0.438. The lowest BCUT2D eigenvalue weighted by atomic mass is 10.1. The third-order valence-corrected chi connectivity index (χ3v) is 1.91. The van der Waals surface area contributed by atoms with Gasteiger partial charge in [-0.25, -0.2) is 0 Å². The Morgan fingerprint density at radius 1 is 1.36 bits per heavy atom. The standard InChI is InChI=1S/C11H12O3/c1-2-8(7-12)5-9-3-4-10(13)11(14)6-9/h3-7,13-14H,2H2,1H3/b8-5-. The Morgan fingerprint density at radius 2 is 2.07 bits per heavy atom. The molecule has 14 heavy (non-hydrogen) atoms. The Kier molecular flexibility index (Phi) is 3.29. The van der Waals surface area contributed by atoms with Crippen LogP contribution in [-0.2, 0) is 4.79 Å². The molecule has 0 saturated carbocycles. The van der Waals surface area contributed by atoms with E-state index in [0.29, 0.717) is 17.6 Å². The van der Waals surface area contributed by atoms with Crippen molar-refractivity contribution in [2.24, 2.45) is 0 Å². The first-order chi connectivity index (χ1) is 6.67. The number of aromatic hydroxyl groups is 2. The maximum absolute atomic E-state index is 10.5. The minimum absolute atomic E-state index is 0.161. The first-order valence-corrected chi connectivity index (χ1v) is 4.35. The molecule has 0 spiro atoms. The van der Waals surface area contributed by atoms with Gasteiger partial charge in [0.05, 0.1) is 0 Å². The molecule has 0 aromatic heterocycles. The van der Waals surface area contributed by atoms with Gasteiger partial charge in [-0.3, -0.25) is 4.79 Å². The minimum atomic E-state index is -0.180. The highest BCUT2D eigenvalue weighted by Crippen LogP contribution is 2.25. The number of rotatable bonds is 3. The Hall–Kier alpha value is -1.77. The largest absolute Gasteiger partial charge is 0.504 e. The number of carbonyl (C=O) groups excluding carboxylic acids is 1. The van der Waals surface area contributed by atoms with Crippen molar-refractivity contribution in [1.82, 2.24) is 0 Å². The number of carbonyl (C=O) groups is 1. The molecule has 0 fully saturated rings. The van der Waals surface area contributed by atoms with Crippen molar-refractivity contribution in [3.8, 4) is 11.5 Å². The third-order valence-electron chi connectivity index (χ3n) is 1.91. The lowest BCUT2D eigenvalue weighted by Crippen LogP contribution is -1.82. The SMILES string of the molecule is CC/C(C=O)=C/c1ccc(O)c(O)c1. The van der Waals surface area contributed by atoms with Gasteiger partial charge in [0, 0.05) is 0 Å². The summed E-state index contributed by atoms with van der Waals surface area (Å²) in [6.07, 6.45) is 3.10. The van der Waals surface area contributed by atoms with E-state index in [0.717, 1.165) is 6.29 Å². The molecular weight excluding hydrogens is 180 g/mol. The summed E-state index contributed by atoms with van der Waals surface area (Å²) < 4.78 is 0. The fourth-order valence-corrected chi connectivity index (χ4v) is 1.06. The van der Waals surface area contributed by atoms with Crippen LogP contribution < -0.4 is 0 Å². The molecule has 1 aromatic rings. The molecule has 74 valence electrons. The first-order valence-electron chi connectivity index (χ1n) is 4.35. The van der Waals surface area contributed by atoms with Gasteiger partial charge < -0.3 is 10.2 Å². The zero-order chi connectivity index (χ0) is 10.6. The van der Waals surface area contributed by atoms with Crippen LogP contribution in [-0.4, -0.2) is 16.5 Å². The molecule has 0 atom stereocenters. The summed E-state index contributed by atoms with van der Waals surface area (Å²) in [6, 6.07) is 4.43. The number of benzene rings is 1. The molecular formula is C11H12O3. The van der Waals surface area contributed by atoms with Crippen molar-refractivity contribution in [2.45, 2.75) is 13.3 Å². The Bertz CT molecular complexity index is 367. The number of allylic oxidation sites excluding steroid dienone is 1. The molecule has 0 saturated heterocycles. The summed E-state index contributed by atoms with van der Waals surface area (Å²) in [5.41, 5.74) is 1.35. The van der Waals surface area contributed by atoms with Crippen LogP contribution in [0.1, 0.15) is 18.9 Å². The van der Waals surface area contributed by atoms with Crippen molar-refractivity contribution in [3.63, 3.8) is 0 Å². The zero-order valence-corrected chi connectivity index (χ0v) is 7.90. The van der Waals surface area contributed by atoms with Crippen molar-refractivity contribution in [1.29, 1.82) is 0 Å². The Morgan fingerprint density at radius 3 is 2.57 bits per heavy atom. The number of hydrogen-bond acceptors (Lipinski definition) is 3. The monoisotopic (exact) mass is 192 g/mol. The molecule has 3 heteroatoms. The van der Waals surface area contributed by atoms with Gasteiger partial charge in [0.25, 0.3) is 0 Å². The second kappa shape index (κ2) is 4.46. The summed E-state index contributed by atoms with van der Waals surface area (Å²) in [4.78, 5) is 10.5. The second-order valence-corrected chi connectivity index (χ2v) is 2.94. The number of hydrogen-bond donors (Lipinski definition) is 2. The van der Waals surface area contributed by atoms with Crippen LogP contribution in [0.2, 0.25) is 0 Å². The van der Waals surface area contributed by atoms with Gasteiger partial charge in [-0.1, -0.05) is 13.0 Å². The molecule has 0 aliphatic rings. The maximum Gasteiger partial charge on any atom is 0.157 e. The smallest absolute Gasteiger partial charge is 0.157 e. The lowest BCUT2D eigenvalue weighted by Gasteiger charge is -1.99. The van der Waals surface area contributed by atoms with Gasteiger partial charge in [0.2, 0.25) is 0 Å². The van der Waals surface area contributed by atoms with Crippen molar-refractivity contribution in [2.75, 3.05) is 0 Å². The van der Waals surface area contributed by atoms with Crippen LogP contribution in [0.5, 0.6) is 11.5 Å². The molecule has 0 amide bonds. The normalized spacial score (nSPS) is 11.4. The fourth-order valence-electron chi connectivity index (χ4n) is 1.06. The van der Waals surface area contributed by atoms with Crippen LogP contribution in [0.15, 0.2) is 23.8 Å². The summed E-state index contributed by atoms with van der Waals surface area (Å²) in [6.45, 7) is 1.88. The minimum Gasteiger partial charge on any atom is -0.504 e. The Labute approximate surface area is 82.3 Å². The van der Waals surface area contributed by atoms with Crippen LogP contribution in [0.3, 0.4) is 0 Å². The van der Waals surface area contributed by atoms with Gasteiger partial charge in [-0.2, -0.15) is 0 Å². The second-order valence-electron chi connectivity index (χ2n) is 2.94. The van der Waals surface area contributed by atoms with Crippen LogP contribution in [0.4, 0.5) is 0 Å². The van der Waals surface area contributed by atoms with Crippen LogP contribution >= 0.6 is 0 Å². The summed E-state index contributed by atoms with van der Waals surface area (Å²) in [5, 5.41) is 18.2. The first kappa shape index (κ1) is 10.3. The molecule has 0 aliphatic carbocycles. The van der Waals surface area contributed by atoms with E-state index in [4.69, 9.17) is 5.11 Å². The molecule has 2 N–H and O–H groups in total. The summed E-state index contributed by atoms with van der Waals surface area (Å²) in [5.74, 6) is -0.341.